The van der Waals surface area contributed by atoms with Gasteiger partial charge in [-0.1, -0.05) is 25.3 Å². The Balaban J connectivity index is 2.23. The lowest BCUT2D eigenvalue weighted by molar-refractivity contribution is -0.189. The molecule has 2 amide bonds. The molecule has 1 fully saturated rings. The van der Waals surface area contributed by atoms with E-state index in [1.807, 2.05) is 0 Å². The van der Waals surface area contributed by atoms with Gasteiger partial charge in [0.15, 0.2) is 0 Å². The number of amides is 2. The number of halogens is 3. The lowest BCUT2D eigenvalue weighted by atomic mass is 9.95. The number of ether oxygens (including phenoxy) is 1. The van der Waals surface area contributed by atoms with Crippen LogP contribution in [0.2, 0.25) is 0 Å². The van der Waals surface area contributed by atoms with Crippen molar-refractivity contribution in [2.24, 2.45) is 0 Å². The van der Waals surface area contributed by atoms with Crippen molar-refractivity contribution in [1.82, 2.24) is 10.2 Å². The molecule has 1 atom stereocenters. The molecule has 0 unspecified atom stereocenters. The second kappa shape index (κ2) is 10.8. The maximum absolute atomic E-state index is 13.2. The number of hydrogen-bond donors (Lipinski definition) is 1. The Bertz CT molecular complexity index is 616. The summed E-state index contributed by atoms with van der Waals surface area (Å²) in [7, 11) is 0. The number of thiophene rings is 1. The van der Waals surface area contributed by atoms with Crippen LogP contribution in [0, 0.1) is 0 Å². The van der Waals surface area contributed by atoms with Crippen molar-refractivity contribution in [3.05, 3.63) is 22.4 Å². The molecule has 0 radical (unpaired) electrons. The number of alkyl halides is 3. The fourth-order valence-corrected chi connectivity index (χ4v) is 4.22. The van der Waals surface area contributed by atoms with Gasteiger partial charge in [-0.15, -0.1) is 11.3 Å². The van der Waals surface area contributed by atoms with E-state index in [0.717, 1.165) is 32.1 Å². The number of carbonyl (C=O) groups is 2. The molecule has 158 valence electrons. The second-order valence-electron chi connectivity index (χ2n) is 6.81. The fraction of sp³-hybridized carbons (Fsp3) is 0.684. The van der Waals surface area contributed by atoms with Crippen molar-refractivity contribution < 1.29 is 27.5 Å². The second-order valence-corrected chi connectivity index (χ2v) is 7.79. The first kappa shape index (κ1) is 22.7. The molecule has 1 aliphatic carbocycles. The maximum atomic E-state index is 13.2. The highest BCUT2D eigenvalue weighted by Crippen LogP contribution is 2.31. The van der Waals surface area contributed by atoms with Crippen molar-refractivity contribution in [2.45, 2.75) is 63.7 Å². The highest BCUT2D eigenvalue weighted by atomic mass is 32.1. The fourth-order valence-electron chi connectivity index (χ4n) is 3.39. The average molecular weight is 420 g/mol. The molecular formula is C19H27F3N2O3S. The number of carbonyl (C=O) groups excluding carboxylic acids is 2. The normalized spacial score (nSPS) is 16.6. The molecule has 5 nitrogen and oxygen atoms in total. The molecule has 0 spiro atoms. The minimum Gasteiger partial charge on any atom is -0.382 e. The SMILES string of the molecule is CCOCCCN(C(=O)C(F)(F)F)[C@@H](C(=O)NC1CCCCC1)c1cccs1. The van der Waals surface area contributed by atoms with E-state index in [0.29, 0.717) is 16.4 Å². The van der Waals surface area contributed by atoms with Crippen LogP contribution < -0.4 is 5.32 Å². The first-order valence-corrected chi connectivity index (χ1v) is 10.5. The summed E-state index contributed by atoms with van der Waals surface area (Å²) in [5.74, 6) is -2.55. The van der Waals surface area contributed by atoms with Gasteiger partial charge in [-0.2, -0.15) is 13.2 Å². The number of nitrogens with one attached hydrogen (secondary N) is 1. The number of rotatable bonds is 9. The predicted molar refractivity (Wildman–Crippen MR) is 101 cm³/mol. The lowest BCUT2D eigenvalue weighted by Gasteiger charge is -2.33. The minimum absolute atomic E-state index is 0.0602. The Hall–Kier alpha value is -1.61. The molecule has 0 aliphatic heterocycles. The van der Waals surface area contributed by atoms with Gasteiger partial charge in [0.25, 0.3) is 0 Å². The van der Waals surface area contributed by atoms with Crippen molar-refractivity contribution in [3.63, 3.8) is 0 Å². The Morgan fingerprint density at radius 3 is 2.61 bits per heavy atom. The molecule has 1 aromatic heterocycles. The van der Waals surface area contributed by atoms with Crippen LogP contribution in [0.3, 0.4) is 0 Å². The van der Waals surface area contributed by atoms with E-state index in [9.17, 15) is 22.8 Å². The van der Waals surface area contributed by atoms with Crippen molar-refractivity contribution in [3.8, 4) is 0 Å². The zero-order valence-electron chi connectivity index (χ0n) is 16.0. The van der Waals surface area contributed by atoms with Crippen LogP contribution in [0.15, 0.2) is 17.5 Å². The zero-order chi connectivity index (χ0) is 20.6. The van der Waals surface area contributed by atoms with E-state index in [1.165, 1.54) is 11.3 Å². The summed E-state index contributed by atoms with van der Waals surface area (Å²) in [6.07, 6.45) is -0.166. The molecule has 2 rings (SSSR count). The zero-order valence-corrected chi connectivity index (χ0v) is 16.8. The molecule has 1 aliphatic rings. The van der Waals surface area contributed by atoms with Gasteiger partial charge in [0.1, 0.15) is 6.04 Å². The van der Waals surface area contributed by atoms with Crippen LogP contribution in [-0.4, -0.2) is 48.7 Å². The minimum atomic E-state index is -5.05. The Morgan fingerprint density at radius 2 is 2.04 bits per heavy atom. The summed E-state index contributed by atoms with van der Waals surface area (Å²) in [6, 6.07) is 1.90. The van der Waals surface area contributed by atoms with Gasteiger partial charge in [-0.3, -0.25) is 9.59 Å². The van der Waals surface area contributed by atoms with Crippen LogP contribution >= 0.6 is 11.3 Å². The van der Waals surface area contributed by atoms with E-state index in [-0.39, 0.29) is 25.6 Å². The molecule has 1 heterocycles. The van der Waals surface area contributed by atoms with Crippen molar-refractivity contribution in [1.29, 1.82) is 0 Å². The van der Waals surface area contributed by atoms with Gasteiger partial charge >= 0.3 is 12.1 Å². The van der Waals surface area contributed by atoms with Crippen LogP contribution in [0.1, 0.15) is 56.4 Å². The van der Waals surface area contributed by atoms with Crippen LogP contribution in [0.4, 0.5) is 13.2 Å². The maximum Gasteiger partial charge on any atom is 0.471 e. The predicted octanol–water partition coefficient (Wildman–Crippen LogP) is 4.06. The third kappa shape index (κ3) is 6.48. The van der Waals surface area contributed by atoms with Gasteiger partial charge < -0.3 is 15.0 Å². The summed E-state index contributed by atoms with van der Waals surface area (Å²) in [6.45, 7) is 2.23. The lowest BCUT2D eigenvalue weighted by Crippen LogP contribution is -2.50. The molecule has 0 saturated heterocycles. The first-order valence-electron chi connectivity index (χ1n) is 9.64. The first-order chi connectivity index (χ1) is 13.3. The quantitative estimate of drug-likeness (QED) is 0.613. The van der Waals surface area contributed by atoms with Crippen molar-refractivity contribution >= 4 is 23.2 Å². The molecule has 1 N–H and O–H groups in total. The molecule has 28 heavy (non-hydrogen) atoms. The average Bonchev–Trinajstić information content (AvgIpc) is 3.17. The van der Waals surface area contributed by atoms with E-state index < -0.39 is 24.0 Å². The van der Waals surface area contributed by atoms with Crippen LogP contribution in [-0.2, 0) is 14.3 Å². The summed E-state index contributed by atoms with van der Waals surface area (Å²) >= 11 is 1.17. The smallest absolute Gasteiger partial charge is 0.382 e. The summed E-state index contributed by atoms with van der Waals surface area (Å²) in [4.78, 5) is 26.2. The highest BCUT2D eigenvalue weighted by Gasteiger charge is 2.46. The largest absolute Gasteiger partial charge is 0.471 e. The molecule has 0 aromatic carbocycles. The van der Waals surface area contributed by atoms with Crippen LogP contribution in [0.5, 0.6) is 0 Å². The summed E-state index contributed by atoms with van der Waals surface area (Å²) in [5, 5.41) is 4.56. The molecule has 0 bridgehead atoms. The monoisotopic (exact) mass is 420 g/mol. The molecule has 1 saturated carbocycles. The van der Waals surface area contributed by atoms with E-state index in [4.69, 9.17) is 4.74 Å². The van der Waals surface area contributed by atoms with E-state index in [2.05, 4.69) is 5.32 Å². The summed E-state index contributed by atoms with van der Waals surface area (Å²) < 4.78 is 44.9. The topological polar surface area (TPSA) is 58.6 Å². The summed E-state index contributed by atoms with van der Waals surface area (Å²) in [5.41, 5.74) is 0. The van der Waals surface area contributed by atoms with E-state index >= 15 is 0 Å². The Morgan fingerprint density at radius 1 is 1.32 bits per heavy atom. The molecular weight excluding hydrogens is 393 g/mol. The molecule has 1 aromatic rings. The van der Waals surface area contributed by atoms with Crippen molar-refractivity contribution in [2.75, 3.05) is 19.8 Å². The Kier molecular flexibility index (Phi) is 8.75. The van der Waals surface area contributed by atoms with Gasteiger partial charge in [0, 0.05) is 30.7 Å². The molecule has 9 heteroatoms. The Labute approximate surface area is 167 Å². The number of hydrogen-bond acceptors (Lipinski definition) is 4. The number of nitrogens with zero attached hydrogens (tertiary/aromatic N) is 1. The standard InChI is InChI=1S/C19H27F3N2O3S/c1-2-27-12-7-11-24(18(26)19(20,21)22)16(15-10-6-13-28-15)17(25)23-14-8-4-3-5-9-14/h6,10,13-14,16H,2-5,7-9,11-12H2,1H3,(H,23,25)/t16-/m1/s1. The third-order valence-corrected chi connectivity index (χ3v) is 5.64. The van der Waals surface area contributed by atoms with Gasteiger partial charge in [0.2, 0.25) is 5.91 Å². The van der Waals surface area contributed by atoms with Gasteiger partial charge in [0.05, 0.1) is 0 Å². The highest BCUT2D eigenvalue weighted by molar-refractivity contribution is 7.10. The van der Waals surface area contributed by atoms with E-state index in [1.54, 1.807) is 24.4 Å². The van der Waals surface area contributed by atoms with Gasteiger partial charge in [-0.25, -0.2) is 0 Å². The van der Waals surface area contributed by atoms with Gasteiger partial charge in [-0.05, 0) is 37.6 Å². The van der Waals surface area contributed by atoms with Crippen LogP contribution in [0.25, 0.3) is 0 Å². The third-order valence-electron chi connectivity index (χ3n) is 4.72.